The maximum atomic E-state index is 11.0. The maximum Gasteiger partial charge on any atom is 0.508 e. The Morgan fingerprint density at radius 1 is 1.67 bits per heavy atom. The second kappa shape index (κ2) is 5.36. The molecule has 1 aliphatic heterocycles. The van der Waals surface area contributed by atoms with Crippen LogP contribution in [0.5, 0.6) is 0 Å². The van der Waals surface area contributed by atoms with Gasteiger partial charge < -0.3 is 18.6 Å². The Bertz CT molecular complexity index is 241. The molecule has 1 fully saturated rings. The monoisotopic (exact) mass is 238 g/mol. The molecule has 0 aliphatic carbocycles. The molecule has 2 N–H and O–H groups in total. The SMILES string of the molecule is C=CCOC(=O)OC1CCOS(O)(O)C1. The molecule has 7 heteroatoms. The predicted molar refractivity (Wildman–Crippen MR) is 54.7 cm³/mol. The van der Waals surface area contributed by atoms with Crippen molar-refractivity contribution < 1.29 is 27.6 Å². The molecule has 88 valence electrons. The lowest BCUT2D eigenvalue weighted by atomic mass is 10.3. The van der Waals surface area contributed by atoms with E-state index >= 15 is 0 Å². The summed E-state index contributed by atoms with van der Waals surface area (Å²) in [6.07, 6.45) is 0.441. The van der Waals surface area contributed by atoms with Gasteiger partial charge in [-0.05, 0) is 0 Å². The fourth-order valence-corrected chi connectivity index (χ4v) is 2.26. The first kappa shape index (κ1) is 12.3. The molecule has 6 nitrogen and oxygen atoms in total. The molecule has 0 aromatic rings. The molecule has 0 bridgehead atoms. The summed E-state index contributed by atoms with van der Waals surface area (Å²) in [5, 5.41) is 0. The molecule has 1 heterocycles. The van der Waals surface area contributed by atoms with Gasteiger partial charge in [0, 0.05) is 6.42 Å². The Kier molecular flexibility index (Phi) is 4.40. The number of hydrogen-bond donors (Lipinski definition) is 2. The Morgan fingerprint density at radius 3 is 3.00 bits per heavy atom. The standard InChI is InChI=1S/C8H14O6S/c1-2-4-12-8(9)14-7-3-5-13-15(10,11)6-7/h2,7,10-11H,1,3-6H2. The van der Waals surface area contributed by atoms with Crippen molar-refractivity contribution in [3.8, 4) is 0 Å². The maximum absolute atomic E-state index is 11.0. The summed E-state index contributed by atoms with van der Waals surface area (Å²) < 4.78 is 32.5. The quantitative estimate of drug-likeness (QED) is 0.576. The largest absolute Gasteiger partial charge is 0.508 e. The second-order valence-corrected chi connectivity index (χ2v) is 4.76. The molecule has 1 rings (SSSR count). The van der Waals surface area contributed by atoms with E-state index in [1.54, 1.807) is 0 Å². The zero-order chi connectivity index (χ0) is 11.3. The molecule has 1 unspecified atom stereocenters. The lowest BCUT2D eigenvalue weighted by molar-refractivity contribution is 0.0220. The Hall–Kier alpha value is -0.760. The van der Waals surface area contributed by atoms with Crippen molar-refractivity contribution >= 4 is 17.0 Å². The van der Waals surface area contributed by atoms with Crippen LogP contribution in [0.15, 0.2) is 12.7 Å². The van der Waals surface area contributed by atoms with Gasteiger partial charge in [0.1, 0.15) is 12.7 Å². The fraction of sp³-hybridized carbons (Fsp3) is 0.625. The van der Waals surface area contributed by atoms with E-state index in [0.29, 0.717) is 6.42 Å². The van der Waals surface area contributed by atoms with Crippen molar-refractivity contribution in [3.63, 3.8) is 0 Å². The van der Waals surface area contributed by atoms with Gasteiger partial charge in [-0.2, -0.15) is 0 Å². The minimum atomic E-state index is -3.05. The first-order chi connectivity index (χ1) is 7.03. The van der Waals surface area contributed by atoms with Crippen molar-refractivity contribution in [2.75, 3.05) is 19.0 Å². The molecule has 1 aliphatic rings. The Morgan fingerprint density at radius 2 is 2.40 bits per heavy atom. The van der Waals surface area contributed by atoms with Crippen LogP contribution in [0.2, 0.25) is 0 Å². The van der Waals surface area contributed by atoms with E-state index < -0.39 is 23.1 Å². The molecule has 0 amide bonds. The summed E-state index contributed by atoms with van der Waals surface area (Å²) in [6.45, 7) is 3.60. The molecule has 0 saturated carbocycles. The fourth-order valence-electron chi connectivity index (χ4n) is 1.08. The van der Waals surface area contributed by atoms with Gasteiger partial charge in [-0.3, -0.25) is 4.18 Å². The number of hydrogen-bond acceptors (Lipinski definition) is 6. The van der Waals surface area contributed by atoms with Gasteiger partial charge >= 0.3 is 6.16 Å². The van der Waals surface area contributed by atoms with Crippen LogP contribution in [0.4, 0.5) is 4.79 Å². The summed E-state index contributed by atoms with van der Waals surface area (Å²) in [4.78, 5) is 11.0. The minimum Gasteiger partial charge on any atom is -0.430 e. The minimum absolute atomic E-state index is 0.0678. The van der Waals surface area contributed by atoms with Crippen LogP contribution >= 0.6 is 10.9 Å². The van der Waals surface area contributed by atoms with Crippen LogP contribution in [-0.2, 0) is 13.7 Å². The number of ether oxygens (including phenoxy) is 2. The molecule has 1 saturated heterocycles. The third-order valence-electron chi connectivity index (χ3n) is 1.70. The van der Waals surface area contributed by atoms with Crippen molar-refractivity contribution in [2.24, 2.45) is 0 Å². The van der Waals surface area contributed by atoms with E-state index in [1.165, 1.54) is 6.08 Å². The van der Waals surface area contributed by atoms with Crippen LogP contribution < -0.4 is 0 Å². The van der Waals surface area contributed by atoms with Gasteiger partial charge in [-0.25, -0.2) is 4.79 Å². The highest BCUT2D eigenvalue weighted by Gasteiger charge is 2.31. The summed E-state index contributed by atoms with van der Waals surface area (Å²) in [7, 11) is -3.05. The third-order valence-corrected chi connectivity index (χ3v) is 3.05. The van der Waals surface area contributed by atoms with E-state index in [4.69, 9.17) is 8.92 Å². The summed E-state index contributed by atoms with van der Waals surface area (Å²) in [6, 6.07) is 0. The van der Waals surface area contributed by atoms with Gasteiger partial charge in [0.15, 0.2) is 0 Å². The number of carbonyl (C=O) groups excluding carboxylic acids is 1. The summed E-state index contributed by atoms with van der Waals surface area (Å²) in [5.41, 5.74) is 0. The van der Waals surface area contributed by atoms with Gasteiger partial charge in [-0.1, -0.05) is 12.7 Å². The molecule has 0 spiro atoms. The second-order valence-electron chi connectivity index (χ2n) is 2.97. The Labute approximate surface area is 89.4 Å². The molecule has 1 atom stereocenters. The molecular formula is C8H14O6S. The number of carbonyl (C=O) groups is 1. The molecular weight excluding hydrogens is 224 g/mol. The summed E-state index contributed by atoms with van der Waals surface area (Å²) in [5.74, 6) is -0.101. The lowest BCUT2D eigenvalue weighted by Gasteiger charge is -2.34. The highest BCUT2D eigenvalue weighted by molar-refractivity contribution is 8.20. The van der Waals surface area contributed by atoms with Crippen LogP contribution in [0.3, 0.4) is 0 Å². The van der Waals surface area contributed by atoms with Crippen molar-refractivity contribution in [1.82, 2.24) is 0 Å². The van der Waals surface area contributed by atoms with E-state index in [0.717, 1.165) is 0 Å². The van der Waals surface area contributed by atoms with Crippen LogP contribution in [0.1, 0.15) is 6.42 Å². The molecule has 0 radical (unpaired) electrons. The van der Waals surface area contributed by atoms with Gasteiger partial charge in [0.25, 0.3) is 0 Å². The molecule has 15 heavy (non-hydrogen) atoms. The molecule has 0 aromatic heterocycles. The van der Waals surface area contributed by atoms with Gasteiger partial charge in [0.05, 0.1) is 23.2 Å². The zero-order valence-electron chi connectivity index (χ0n) is 8.13. The predicted octanol–water partition coefficient (Wildman–Crippen LogP) is 1.78. The van der Waals surface area contributed by atoms with Gasteiger partial charge in [0.2, 0.25) is 0 Å². The highest BCUT2D eigenvalue weighted by atomic mass is 32.3. The van der Waals surface area contributed by atoms with Crippen LogP contribution in [0, 0.1) is 0 Å². The van der Waals surface area contributed by atoms with E-state index in [9.17, 15) is 13.9 Å². The first-order valence-electron chi connectivity index (χ1n) is 4.38. The van der Waals surface area contributed by atoms with E-state index in [1.807, 2.05) is 0 Å². The topological polar surface area (TPSA) is 85.2 Å². The third kappa shape index (κ3) is 4.52. The summed E-state index contributed by atoms with van der Waals surface area (Å²) >= 11 is 0. The van der Waals surface area contributed by atoms with E-state index in [-0.39, 0.29) is 19.0 Å². The normalized spacial score (nSPS) is 26.4. The van der Waals surface area contributed by atoms with Crippen LogP contribution in [-0.4, -0.2) is 40.3 Å². The highest BCUT2D eigenvalue weighted by Crippen LogP contribution is 2.44. The van der Waals surface area contributed by atoms with Crippen molar-refractivity contribution in [1.29, 1.82) is 0 Å². The lowest BCUT2D eigenvalue weighted by Crippen LogP contribution is -2.32. The average Bonchev–Trinajstić information content (AvgIpc) is 2.13. The first-order valence-corrected chi connectivity index (χ1v) is 6.02. The number of rotatable bonds is 3. The van der Waals surface area contributed by atoms with Crippen molar-refractivity contribution in [2.45, 2.75) is 12.5 Å². The van der Waals surface area contributed by atoms with Gasteiger partial charge in [-0.15, -0.1) is 0 Å². The van der Waals surface area contributed by atoms with E-state index in [2.05, 4.69) is 11.3 Å². The zero-order valence-corrected chi connectivity index (χ0v) is 8.94. The van der Waals surface area contributed by atoms with Crippen molar-refractivity contribution in [3.05, 3.63) is 12.7 Å². The smallest absolute Gasteiger partial charge is 0.430 e. The average molecular weight is 238 g/mol. The molecule has 0 aromatic carbocycles. The Balaban J connectivity index is 2.31. The van der Waals surface area contributed by atoms with Crippen LogP contribution in [0.25, 0.3) is 0 Å².